The first kappa shape index (κ1) is 17.8. The number of nitrogens with zero attached hydrogens (tertiary/aromatic N) is 2. The van der Waals surface area contributed by atoms with Gasteiger partial charge in [-0.25, -0.2) is 0 Å². The van der Waals surface area contributed by atoms with Crippen LogP contribution in [0.5, 0.6) is 0 Å². The molecular formula is C16H26N4O2S. The fourth-order valence-electron chi connectivity index (χ4n) is 2.57. The van der Waals surface area contributed by atoms with Crippen LogP contribution in [0.15, 0.2) is 36.9 Å². The SMILES string of the molecule is C=CCNC1CCN(c2ccc(NS(=O)(=O)N(C)C)cc2)CC1. The van der Waals surface area contributed by atoms with Gasteiger partial charge in [-0.2, -0.15) is 12.7 Å². The van der Waals surface area contributed by atoms with E-state index in [2.05, 4.69) is 21.5 Å². The minimum Gasteiger partial charge on any atom is -0.371 e. The maximum Gasteiger partial charge on any atom is 0.301 e. The average molecular weight is 338 g/mol. The van der Waals surface area contributed by atoms with Crippen molar-refractivity contribution in [3.8, 4) is 0 Å². The van der Waals surface area contributed by atoms with Gasteiger partial charge in [-0.15, -0.1) is 6.58 Å². The maximum absolute atomic E-state index is 11.8. The number of hydrogen-bond donors (Lipinski definition) is 2. The molecule has 0 bridgehead atoms. The van der Waals surface area contributed by atoms with E-state index in [4.69, 9.17) is 0 Å². The first-order chi connectivity index (χ1) is 10.9. The van der Waals surface area contributed by atoms with Crippen molar-refractivity contribution in [3.05, 3.63) is 36.9 Å². The molecular weight excluding hydrogens is 312 g/mol. The molecule has 0 aromatic heterocycles. The summed E-state index contributed by atoms with van der Waals surface area (Å²) >= 11 is 0. The molecule has 1 fully saturated rings. The molecule has 0 saturated carbocycles. The Hall–Kier alpha value is -1.57. The zero-order chi connectivity index (χ0) is 16.9. The molecule has 2 N–H and O–H groups in total. The van der Waals surface area contributed by atoms with Crippen LogP contribution in [0.25, 0.3) is 0 Å². The van der Waals surface area contributed by atoms with Gasteiger partial charge in [-0.3, -0.25) is 4.72 Å². The number of anilines is 2. The summed E-state index contributed by atoms with van der Waals surface area (Å²) in [6.07, 6.45) is 4.09. The lowest BCUT2D eigenvalue weighted by molar-refractivity contribution is 0.430. The van der Waals surface area contributed by atoms with Gasteiger partial charge in [0, 0.05) is 51.1 Å². The van der Waals surface area contributed by atoms with Crippen LogP contribution >= 0.6 is 0 Å². The topological polar surface area (TPSA) is 64.7 Å². The summed E-state index contributed by atoms with van der Waals surface area (Å²) in [5, 5.41) is 3.46. The lowest BCUT2D eigenvalue weighted by Crippen LogP contribution is -2.42. The van der Waals surface area contributed by atoms with Crippen molar-refractivity contribution < 1.29 is 8.42 Å². The van der Waals surface area contributed by atoms with E-state index >= 15 is 0 Å². The minimum absolute atomic E-state index is 0.551. The number of benzene rings is 1. The molecule has 128 valence electrons. The normalized spacial score (nSPS) is 16.6. The summed E-state index contributed by atoms with van der Waals surface area (Å²) in [5.41, 5.74) is 1.70. The zero-order valence-corrected chi connectivity index (χ0v) is 14.6. The molecule has 1 aromatic carbocycles. The zero-order valence-electron chi connectivity index (χ0n) is 13.8. The Morgan fingerprint density at radius 3 is 2.39 bits per heavy atom. The Labute approximate surface area is 139 Å². The van der Waals surface area contributed by atoms with Crippen LogP contribution in [-0.4, -0.2) is 52.5 Å². The van der Waals surface area contributed by atoms with Gasteiger partial charge in [0.25, 0.3) is 0 Å². The van der Waals surface area contributed by atoms with E-state index in [1.807, 2.05) is 18.2 Å². The van der Waals surface area contributed by atoms with Crippen LogP contribution in [0.3, 0.4) is 0 Å². The highest BCUT2D eigenvalue weighted by Gasteiger charge is 2.19. The maximum atomic E-state index is 11.8. The first-order valence-corrected chi connectivity index (χ1v) is 9.26. The third-order valence-corrected chi connectivity index (χ3v) is 5.46. The van der Waals surface area contributed by atoms with Crippen molar-refractivity contribution in [2.24, 2.45) is 0 Å². The van der Waals surface area contributed by atoms with E-state index in [9.17, 15) is 8.42 Å². The Morgan fingerprint density at radius 2 is 1.87 bits per heavy atom. The van der Waals surface area contributed by atoms with E-state index in [-0.39, 0.29) is 0 Å². The second-order valence-corrected chi connectivity index (χ2v) is 7.78. The van der Waals surface area contributed by atoms with Crippen molar-refractivity contribution in [2.45, 2.75) is 18.9 Å². The predicted octanol–water partition coefficient (Wildman–Crippen LogP) is 1.65. The van der Waals surface area contributed by atoms with Gasteiger partial charge in [0.05, 0.1) is 0 Å². The molecule has 1 saturated heterocycles. The minimum atomic E-state index is -3.45. The smallest absolute Gasteiger partial charge is 0.301 e. The van der Waals surface area contributed by atoms with Gasteiger partial charge in [-0.05, 0) is 37.1 Å². The van der Waals surface area contributed by atoms with Crippen molar-refractivity contribution in [3.63, 3.8) is 0 Å². The van der Waals surface area contributed by atoms with Crippen LogP contribution in [0, 0.1) is 0 Å². The van der Waals surface area contributed by atoms with E-state index in [0.717, 1.165) is 42.5 Å². The van der Waals surface area contributed by atoms with Crippen LogP contribution in [0.4, 0.5) is 11.4 Å². The Kier molecular flexibility index (Phi) is 6.04. The summed E-state index contributed by atoms with van der Waals surface area (Å²) in [7, 11) is -0.449. The van der Waals surface area contributed by atoms with E-state index in [1.54, 1.807) is 12.1 Å². The van der Waals surface area contributed by atoms with Gasteiger partial charge in [0.15, 0.2) is 0 Å². The third-order valence-electron chi connectivity index (χ3n) is 4.01. The second kappa shape index (κ2) is 7.81. The summed E-state index contributed by atoms with van der Waals surface area (Å²) in [5.74, 6) is 0. The summed E-state index contributed by atoms with van der Waals surface area (Å²) in [6, 6.07) is 8.09. The standard InChI is InChI=1S/C16H26N4O2S/c1-4-11-17-14-9-12-20(13-10-14)16-7-5-15(6-8-16)18-23(21,22)19(2)3/h4-8,14,17-18H,1,9-13H2,2-3H3. The Morgan fingerprint density at radius 1 is 1.26 bits per heavy atom. The molecule has 6 nitrogen and oxygen atoms in total. The van der Waals surface area contributed by atoms with E-state index < -0.39 is 10.2 Å². The molecule has 0 amide bonds. The summed E-state index contributed by atoms with van der Waals surface area (Å²) in [6.45, 7) is 6.58. The van der Waals surface area contributed by atoms with Gasteiger partial charge in [-0.1, -0.05) is 6.08 Å². The Balaban J connectivity index is 1.92. The highest BCUT2D eigenvalue weighted by atomic mass is 32.2. The molecule has 1 aromatic rings. The van der Waals surface area contributed by atoms with Gasteiger partial charge < -0.3 is 10.2 Å². The molecule has 0 atom stereocenters. The molecule has 2 rings (SSSR count). The summed E-state index contributed by atoms with van der Waals surface area (Å²) < 4.78 is 27.3. The highest BCUT2D eigenvalue weighted by Crippen LogP contribution is 2.22. The fraction of sp³-hybridized carbons (Fsp3) is 0.500. The quantitative estimate of drug-likeness (QED) is 0.742. The molecule has 1 aliphatic heterocycles. The molecule has 23 heavy (non-hydrogen) atoms. The van der Waals surface area contributed by atoms with Crippen molar-refractivity contribution in [2.75, 3.05) is 43.4 Å². The number of piperidine rings is 1. The highest BCUT2D eigenvalue weighted by molar-refractivity contribution is 7.90. The molecule has 1 heterocycles. The molecule has 0 radical (unpaired) electrons. The monoisotopic (exact) mass is 338 g/mol. The van der Waals surface area contributed by atoms with Gasteiger partial charge in [0.2, 0.25) is 0 Å². The van der Waals surface area contributed by atoms with E-state index in [1.165, 1.54) is 14.1 Å². The molecule has 0 unspecified atom stereocenters. The van der Waals surface area contributed by atoms with Gasteiger partial charge in [0.1, 0.15) is 0 Å². The Bertz CT molecular complexity index is 605. The lowest BCUT2D eigenvalue weighted by atomic mass is 10.0. The lowest BCUT2D eigenvalue weighted by Gasteiger charge is -2.34. The second-order valence-electron chi connectivity index (χ2n) is 5.89. The number of hydrogen-bond acceptors (Lipinski definition) is 4. The largest absolute Gasteiger partial charge is 0.371 e. The van der Waals surface area contributed by atoms with E-state index in [0.29, 0.717) is 11.7 Å². The van der Waals surface area contributed by atoms with Crippen molar-refractivity contribution in [1.82, 2.24) is 9.62 Å². The van der Waals surface area contributed by atoms with Crippen molar-refractivity contribution >= 4 is 21.6 Å². The predicted molar refractivity (Wildman–Crippen MR) is 96.1 cm³/mol. The van der Waals surface area contributed by atoms with Gasteiger partial charge >= 0.3 is 10.2 Å². The van der Waals surface area contributed by atoms with Crippen LogP contribution in [-0.2, 0) is 10.2 Å². The van der Waals surface area contributed by atoms with Crippen LogP contribution < -0.4 is 14.9 Å². The first-order valence-electron chi connectivity index (χ1n) is 7.82. The number of nitrogens with one attached hydrogen (secondary N) is 2. The average Bonchev–Trinajstić information content (AvgIpc) is 2.54. The van der Waals surface area contributed by atoms with Crippen LogP contribution in [0.1, 0.15) is 12.8 Å². The molecule has 1 aliphatic rings. The van der Waals surface area contributed by atoms with Crippen LogP contribution in [0.2, 0.25) is 0 Å². The summed E-state index contributed by atoms with van der Waals surface area (Å²) in [4.78, 5) is 2.33. The van der Waals surface area contributed by atoms with Crippen molar-refractivity contribution in [1.29, 1.82) is 0 Å². The molecule has 0 aliphatic carbocycles. The molecule has 7 heteroatoms. The number of rotatable bonds is 7. The fourth-order valence-corrected chi connectivity index (χ4v) is 3.19. The third kappa shape index (κ3) is 4.95. The molecule has 0 spiro atoms.